The van der Waals surface area contributed by atoms with Crippen LogP contribution < -0.4 is 11.2 Å². The molecule has 2 aliphatic rings. The Kier molecular flexibility index (Phi) is 8.27. The van der Waals surface area contributed by atoms with Crippen molar-refractivity contribution in [3.63, 3.8) is 0 Å². The lowest BCUT2D eigenvalue weighted by Gasteiger charge is -2.22. The zero-order valence-corrected chi connectivity index (χ0v) is 18.5. The highest BCUT2D eigenvalue weighted by Crippen LogP contribution is 2.22. The first-order valence-electron chi connectivity index (χ1n) is 11.3. The minimum absolute atomic E-state index is 0.163. The molecule has 0 radical (unpaired) electrons. The maximum Gasteiger partial charge on any atom is 0.332 e. The summed E-state index contributed by atoms with van der Waals surface area (Å²) in [5.74, 6) is 0.899. The number of aliphatic imine (C=N–C) groups is 1. The fourth-order valence-corrected chi connectivity index (χ4v) is 4.17. The molecule has 0 spiro atoms. The molecule has 1 saturated heterocycles. The van der Waals surface area contributed by atoms with Gasteiger partial charge in [-0.1, -0.05) is 6.92 Å². The van der Waals surface area contributed by atoms with Gasteiger partial charge in [-0.3, -0.25) is 13.9 Å². The maximum atomic E-state index is 13.0. The van der Waals surface area contributed by atoms with E-state index in [0.29, 0.717) is 43.3 Å². The van der Waals surface area contributed by atoms with E-state index in [1.807, 2.05) is 6.92 Å². The predicted octanol–water partition coefficient (Wildman–Crippen LogP) is 3.05. The van der Waals surface area contributed by atoms with Crippen molar-refractivity contribution in [2.45, 2.75) is 90.6 Å². The Bertz CT molecular complexity index is 846. The summed E-state index contributed by atoms with van der Waals surface area (Å²) in [5, 5.41) is 0. The van der Waals surface area contributed by atoms with Crippen molar-refractivity contribution in [2.24, 2.45) is 12.0 Å². The molecule has 1 aliphatic carbocycles. The molecule has 1 aromatic heterocycles. The molecule has 1 atom stereocenters. The highest BCUT2D eigenvalue weighted by molar-refractivity contribution is 5.76. The molecule has 0 aromatic carbocycles. The summed E-state index contributed by atoms with van der Waals surface area (Å²) in [6, 6.07) is 0. The van der Waals surface area contributed by atoms with Crippen LogP contribution in [0.5, 0.6) is 0 Å². The molecule has 1 aromatic rings. The van der Waals surface area contributed by atoms with E-state index in [1.54, 1.807) is 14.0 Å². The molecule has 1 saturated carbocycles. The van der Waals surface area contributed by atoms with Gasteiger partial charge in [-0.25, -0.2) is 4.79 Å². The van der Waals surface area contributed by atoms with Crippen LogP contribution in [0.2, 0.25) is 0 Å². The van der Waals surface area contributed by atoms with Crippen LogP contribution in [0.3, 0.4) is 0 Å². The van der Waals surface area contributed by atoms with E-state index in [4.69, 9.17) is 14.2 Å². The number of aromatic nitrogens is 2. The van der Waals surface area contributed by atoms with Gasteiger partial charge in [0, 0.05) is 27.1 Å². The second kappa shape index (κ2) is 10.9. The van der Waals surface area contributed by atoms with Crippen LogP contribution in [0.1, 0.15) is 70.8 Å². The minimum Gasteiger partial charge on any atom is -0.478 e. The fraction of sp³-hybridized carbons (Fsp3) is 0.773. The van der Waals surface area contributed by atoms with Gasteiger partial charge in [-0.05, 0) is 57.8 Å². The first-order valence-corrected chi connectivity index (χ1v) is 11.3. The van der Waals surface area contributed by atoms with Gasteiger partial charge in [0.15, 0.2) is 12.2 Å². The lowest BCUT2D eigenvalue weighted by atomic mass is 10.2. The summed E-state index contributed by atoms with van der Waals surface area (Å²) >= 11 is 0. The molecule has 8 nitrogen and oxygen atoms in total. The largest absolute Gasteiger partial charge is 0.478 e. The lowest BCUT2D eigenvalue weighted by Crippen LogP contribution is -2.41. The third-order valence-electron chi connectivity index (χ3n) is 5.83. The van der Waals surface area contributed by atoms with Crippen molar-refractivity contribution in [1.29, 1.82) is 0 Å². The van der Waals surface area contributed by atoms with Crippen molar-refractivity contribution in [3.8, 4) is 0 Å². The Hall–Kier alpha value is -1.93. The molecule has 8 heteroatoms. The van der Waals surface area contributed by atoms with Crippen molar-refractivity contribution >= 4 is 11.7 Å². The molecule has 0 bridgehead atoms. The van der Waals surface area contributed by atoms with Crippen LogP contribution in [0.4, 0.5) is 5.82 Å². The molecule has 2 heterocycles. The lowest BCUT2D eigenvalue weighted by molar-refractivity contribution is -0.163. The fourth-order valence-electron chi connectivity index (χ4n) is 4.17. The van der Waals surface area contributed by atoms with Gasteiger partial charge in [-0.15, -0.1) is 0 Å². The number of hydrogen-bond acceptors (Lipinski definition) is 6. The van der Waals surface area contributed by atoms with Gasteiger partial charge in [0.1, 0.15) is 11.9 Å². The first-order chi connectivity index (χ1) is 14.5. The smallest absolute Gasteiger partial charge is 0.332 e. The zero-order chi connectivity index (χ0) is 21.5. The Labute approximate surface area is 177 Å². The van der Waals surface area contributed by atoms with Gasteiger partial charge in [0.2, 0.25) is 0 Å². The second-order valence-electron chi connectivity index (χ2n) is 8.13. The third-order valence-corrected chi connectivity index (χ3v) is 5.83. The average Bonchev–Trinajstić information content (AvgIpc) is 3.25. The summed E-state index contributed by atoms with van der Waals surface area (Å²) in [7, 11) is 1.66. The summed E-state index contributed by atoms with van der Waals surface area (Å²) < 4.78 is 19.9. The van der Waals surface area contributed by atoms with Crippen LogP contribution in [0.25, 0.3) is 0 Å². The summed E-state index contributed by atoms with van der Waals surface area (Å²) in [6.45, 7) is 5.19. The van der Waals surface area contributed by atoms with Crippen molar-refractivity contribution in [3.05, 3.63) is 26.4 Å². The van der Waals surface area contributed by atoms with E-state index >= 15 is 0 Å². The van der Waals surface area contributed by atoms with Gasteiger partial charge >= 0.3 is 5.69 Å². The minimum atomic E-state index is -0.362. The van der Waals surface area contributed by atoms with Crippen molar-refractivity contribution < 1.29 is 14.2 Å². The van der Waals surface area contributed by atoms with E-state index in [0.717, 1.165) is 38.7 Å². The molecule has 168 valence electrons. The molecule has 30 heavy (non-hydrogen) atoms. The third kappa shape index (κ3) is 5.60. The van der Waals surface area contributed by atoms with E-state index < -0.39 is 0 Å². The standard InChI is InChI=1S/C22H35N3O5/c1-4-18-20(23-16(2)30-17-10-5-6-11-17)24(3)22(27)25(21(18)26)13-9-15-29-19-12-7-8-14-28-19/h17,19H,4-15H2,1-3H3. The highest BCUT2D eigenvalue weighted by Gasteiger charge is 2.19. The summed E-state index contributed by atoms with van der Waals surface area (Å²) in [6.07, 6.45) is 8.57. The van der Waals surface area contributed by atoms with E-state index in [9.17, 15) is 9.59 Å². The van der Waals surface area contributed by atoms with Crippen molar-refractivity contribution in [1.82, 2.24) is 9.13 Å². The van der Waals surface area contributed by atoms with E-state index in [-0.39, 0.29) is 23.6 Å². The van der Waals surface area contributed by atoms with Crippen LogP contribution in [0.15, 0.2) is 14.6 Å². The van der Waals surface area contributed by atoms with Gasteiger partial charge in [-0.2, -0.15) is 4.99 Å². The monoisotopic (exact) mass is 421 g/mol. The summed E-state index contributed by atoms with van der Waals surface area (Å²) in [4.78, 5) is 30.4. The molecule has 0 N–H and O–H groups in total. The molecular weight excluding hydrogens is 386 g/mol. The van der Waals surface area contributed by atoms with Crippen LogP contribution in [0, 0.1) is 0 Å². The Morgan fingerprint density at radius 3 is 2.57 bits per heavy atom. The van der Waals surface area contributed by atoms with E-state index in [1.165, 1.54) is 22.0 Å². The quantitative estimate of drug-likeness (QED) is 0.366. The van der Waals surface area contributed by atoms with Crippen LogP contribution in [-0.4, -0.2) is 40.6 Å². The highest BCUT2D eigenvalue weighted by atomic mass is 16.7. The molecular formula is C22H35N3O5. The average molecular weight is 422 g/mol. The zero-order valence-electron chi connectivity index (χ0n) is 18.5. The Morgan fingerprint density at radius 1 is 1.17 bits per heavy atom. The normalized spacial score (nSPS) is 20.6. The molecule has 3 rings (SSSR count). The van der Waals surface area contributed by atoms with Gasteiger partial charge in [0.05, 0.1) is 12.2 Å². The van der Waals surface area contributed by atoms with E-state index in [2.05, 4.69) is 4.99 Å². The molecule has 2 fully saturated rings. The number of nitrogens with zero attached hydrogens (tertiary/aromatic N) is 3. The first kappa shape index (κ1) is 22.7. The topological polar surface area (TPSA) is 84.1 Å². The summed E-state index contributed by atoms with van der Waals surface area (Å²) in [5.41, 5.74) is -0.108. The SMILES string of the molecule is CCc1c(N=C(C)OC2CCCC2)n(C)c(=O)n(CCCOC2CCCCO2)c1=O. The Morgan fingerprint density at radius 2 is 1.90 bits per heavy atom. The maximum absolute atomic E-state index is 13.0. The van der Waals surface area contributed by atoms with Crippen molar-refractivity contribution in [2.75, 3.05) is 13.2 Å². The number of hydrogen-bond donors (Lipinski definition) is 0. The molecule has 1 unspecified atom stereocenters. The van der Waals surface area contributed by atoms with Gasteiger partial charge < -0.3 is 14.2 Å². The predicted molar refractivity (Wildman–Crippen MR) is 116 cm³/mol. The number of ether oxygens (including phenoxy) is 3. The number of rotatable bonds is 8. The van der Waals surface area contributed by atoms with Crippen LogP contribution in [-0.2, 0) is 34.2 Å². The molecule has 0 amide bonds. The van der Waals surface area contributed by atoms with Gasteiger partial charge in [0.25, 0.3) is 5.56 Å². The van der Waals surface area contributed by atoms with Crippen LogP contribution >= 0.6 is 0 Å². The molecule has 1 aliphatic heterocycles. The second-order valence-corrected chi connectivity index (χ2v) is 8.13. The Balaban J connectivity index is 1.71.